The molecule has 0 amide bonds. The highest BCUT2D eigenvalue weighted by molar-refractivity contribution is 9.10. The predicted octanol–water partition coefficient (Wildman–Crippen LogP) is 4.80. The van der Waals surface area contributed by atoms with Gasteiger partial charge in [-0.2, -0.15) is 0 Å². The van der Waals surface area contributed by atoms with Gasteiger partial charge in [-0.3, -0.25) is 0 Å². The lowest BCUT2D eigenvalue weighted by Gasteiger charge is -2.14. The van der Waals surface area contributed by atoms with Gasteiger partial charge in [-0.05, 0) is 29.8 Å². The van der Waals surface area contributed by atoms with Crippen LogP contribution in [0.1, 0.15) is 17.2 Å². The van der Waals surface area contributed by atoms with Gasteiger partial charge in [0.15, 0.2) is 0 Å². The number of hydrogen-bond acceptors (Lipinski definition) is 1. The van der Waals surface area contributed by atoms with Crippen LogP contribution in [0.15, 0.2) is 34.8 Å². The van der Waals surface area contributed by atoms with Crippen LogP contribution in [0.3, 0.4) is 0 Å². The van der Waals surface area contributed by atoms with Crippen LogP contribution < -0.4 is 0 Å². The van der Waals surface area contributed by atoms with Crippen molar-refractivity contribution in [3.05, 3.63) is 68.4 Å². The van der Waals surface area contributed by atoms with E-state index in [1.54, 1.807) is 0 Å². The van der Waals surface area contributed by atoms with Crippen molar-refractivity contribution in [2.24, 2.45) is 0 Å². The molecule has 20 heavy (non-hydrogen) atoms. The van der Waals surface area contributed by atoms with E-state index >= 15 is 0 Å². The largest absolute Gasteiger partial charge is 0.388 e. The van der Waals surface area contributed by atoms with Gasteiger partial charge in [-0.15, -0.1) is 0 Å². The predicted molar refractivity (Wildman–Crippen MR) is 74.1 cm³/mol. The Balaban J connectivity index is 2.28. The Morgan fingerprint density at radius 3 is 2.45 bits per heavy atom. The molecular weight excluding hydrogens is 357 g/mol. The van der Waals surface area contributed by atoms with Crippen molar-refractivity contribution >= 4 is 27.5 Å². The van der Waals surface area contributed by atoms with Gasteiger partial charge in [-0.25, -0.2) is 13.2 Å². The van der Waals surface area contributed by atoms with E-state index in [2.05, 4.69) is 15.9 Å². The van der Waals surface area contributed by atoms with Crippen molar-refractivity contribution in [1.29, 1.82) is 0 Å². The third kappa shape index (κ3) is 3.34. The van der Waals surface area contributed by atoms with Gasteiger partial charge in [0.1, 0.15) is 17.5 Å². The molecule has 2 aromatic rings. The Hall–Kier alpha value is -1.04. The van der Waals surface area contributed by atoms with E-state index in [-0.39, 0.29) is 17.0 Å². The molecule has 0 saturated heterocycles. The molecule has 0 aromatic heterocycles. The highest BCUT2D eigenvalue weighted by Gasteiger charge is 2.17. The summed E-state index contributed by atoms with van der Waals surface area (Å²) in [6.45, 7) is 0. The van der Waals surface area contributed by atoms with Gasteiger partial charge in [0, 0.05) is 16.5 Å². The molecule has 0 aliphatic rings. The Labute approximate surface area is 127 Å². The first-order valence-electron chi connectivity index (χ1n) is 5.65. The average molecular weight is 366 g/mol. The SMILES string of the molecule is OC(Cc1ccc(F)cc1Br)c1cc(F)c(Cl)cc1F. The molecule has 0 aliphatic heterocycles. The highest BCUT2D eigenvalue weighted by Crippen LogP contribution is 2.28. The number of aliphatic hydroxyl groups excluding tert-OH is 1. The summed E-state index contributed by atoms with van der Waals surface area (Å²) in [5.74, 6) is -2.03. The van der Waals surface area contributed by atoms with Crippen LogP contribution >= 0.6 is 27.5 Å². The molecule has 6 heteroatoms. The molecule has 2 aromatic carbocycles. The second-order valence-corrected chi connectivity index (χ2v) is 5.51. The fourth-order valence-corrected chi connectivity index (χ4v) is 2.46. The molecule has 1 atom stereocenters. The normalized spacial score (nSPS) is 12.5. The number of rotatable bonds is 3. The van der Waals surface area contributed by atoms with Crippen molar-refractivity contribution in [2.75, 3.05) is 0 Å². The molecule has 0 bridgehead atoms. The molecule has 0 fully saturated rings. The fraction of sp³-hybridized carbons (Fsp3) is 0.143. The first-order valence-corrected chi connectivity index (χ1v) is 6.82. The van der Waals surface area contributed by atoms with E-state index < -0.39 is 23.6 Å². The Kier molecular flexibility index (Phi) is 4.73. The smallest absolute Gasteiger partial charge is 0.142 e. The van der Waals surface area contributed by atoms with Crippen LogP contribution in [0, 0.1) is 17.5 Å². The van der Waals surface area contributed by atoms with E-state index in [1.165, 1.54) is 18.2 Å². The molecule has 2 rings (SSSR count). The van der Waals surface area contributed by atoms with Crippen LogP contribution in [-0.2, 0) is 6.42 Å². The molecule has 0 aliphatic carbocycles. The molecule has 106 valence electrons. The lowest BCUT2D eigenvalue weighted by molar-refractivity contribution is 0.173. The second-order valence-electron chi connectivity index (χ2n) is 4.24. The topological polar surface area (TPSA) is 20.2 Å². The van der Waals surface area contributed by atoms with Crippen LogP contribution in [0.25, 0.3) is 0 Å². The lowest BCUT2D eigenvalue weighted by Crippen LogP contribution is -2.06. The lowest BCUT2D eigenvalue weighted by atomic mass is 10.0. The molecular formula is C14H9BrClF3O. The first kappa shape index (κ1) is 15.4. The zero-order chi connectivity index (χ0) is 14.9. The zero-order valence-corrected chi connectivity index (χ0v) is 12.4. The number of hydrogen-bond donors (Lipinski definition) is 1. The monoisotopic (exact) mass is 364 g/mol. The van der Waals surface area contributed by atoms with Gasteiger partial charge in [0.25, 0.3) is 0 Å². The van der Waals surface area contributed by atoms with Crippen molar-refractivity contribution in [1.82, 2.24) is 0 Å². The Morgan fingerprint density at radius 1 is 1.10 bits per heavy atom. The van der Waals surface area contributed by atoms with Crippen LogP contribution in [0.4, 0.5) is 13.2 Å². The van der Waals surface area contributed by atoms with Crippen LogP contribution in [0.5, 0.6) is 0 Å². The van der Waals surface area contributed by atoms with Gasteiger partial charge in [0.05, 0.1) is 11.1 Å². The zero-order valence-electron chi connectivity index (χ0n) is 10.0. The summed E-state index contributed by atoms with van der Waals surface area (Å²) in [5.41, 5.74) is 0.386. The minimum Gasteiger partial charge on any atom is -0.388 e. The quantitative estimate of drug-likeness (QED) is 0.775. The summed E-state index contributed by atoms with van der Waals surface area (Å²) in [4.78, 5) is 0. The molecule has 0 heterocycles. The van der Waals surface area contributed by atoms with Crippen LogP contribution in [0.2, 0.25) is 5.02 Å². The second kappa shape index (κ2) is 6.16. The summed E-state index contributed by atoms with van der Waals surface area (Å²) < 4.78 is 40.4. The minimum absolute atomic E-state index is 0.0128. The third-order valence-corrected chi connectivity index (χ3v) is 3.85. The molecule has 1 nitrogen and oxygen atoms in total. The minimum atomic E-state index is -1.26. The van der Waals surface area contributed by atoms with Gasteiger partial charge in [-0.1, -0.05) is 33.6 Å². The fourth-order valence-electron chi connectivity index (χ4n) is 1.80. The van der Waals surface area contributed by atoms with Gasteiger partial charge < -0.3 is 5.11 Å². The summed E-state index contributed by atoms with van der Waals surface area (Å²) in [7, 11) is 0. The molecule has 0 radical (unpaired) electrons. The van der Waals surface area contributed by atoms with Crippen molar-refractivity contribution < 1.29 is 18.3 Å². The first-order chi connectivity index (χ1) is 9.38. The highest BCUT2D eigenvalue weighted by atomic mass is 79.9. The summed E-state index contributed by atoms with van der Waals surface area (Å²) in [5, 5.41) is 9.65. The van der Waals surface area contributed by atoms with E-state index in [4.69, 9.17) is 11.6 Å². The molecule has 0 spiro atoms. The molecule has 0 saturated carbocycles. The van der Waals surface area contributed by atoms with Crippen molar-refractivity contribution in [2.45, 2.75) is 12.5 Å². The Bertz CT molecular complexity index is 649. The standard InChI is InChI=1S/C14H9BrClF3O/c15-10-4-8(17)2-1-7(10)3-14(20)9-5-13(19)11(16)6-12(9)18/h1-2,4-6,14,20H,3H2. The van der Waals surface area contributed by atoms with E-state index in [9.17, 15) is 18.3 Å². The summed E-state index contributed by atoms with van der Waals surface area (Å²) in [6.07, 6.45) is -1.25. The summed E-state index contributed by atoms with van der Waals surface area (Å²) in [6, 6.07) is 5.61. The molecule has 1 unspecified atom stereocenters. The van der Waals surface area contributed by atoms with Gasteiger partial charge >= 0.3 is 0 Å². The van der Waals surface area contributed by atoms with Crippen molar-refractivity contribution in [3.8, 4) is 0 Å². The maximum absolute atomic E-state index is 13.7. The number of benzene rings is 2. The number of halogens is 5. The van der Waals surface area contributed by atoms with E-state index in [1.807, 2.05) is 0 Å². The maximum atomic E-state index is 13.7. The van der Waals surface area contributed by atoms with Crippen LogP contribution in [-0.4, -0.2) is 5.11 Å². The molecule has 1 N–H and O–H groups in total. The average Bonchev–Trinajstić information content (AvgIpc) is 2.37. The third-order valence-electron chi connectivity index (χ3n) is 2.83. The maximum Gasteiger partial charge on any atom is 0.142 e. The van der Waals surface area contributed by atoms with Gasteiger partial charge in [0.2, 0.25) is 0 Å². The number of aliphatic hydroxyl groups is 1. The summed E-state index contributed by atoms with van der Waals surface area (Å²) >= 11 is 8.60. The van der Waals surface area contributed by atoms with Crippen molar-refractivity contribution in [3.63, 3.8) is 0 Å². The van der Waals surface area contributed by atoms with E-state index in [0.29, 0.717) is 10.0 Å². The van der Waals surface area contributed by atoms with E-state index in [0.717, 1.165) is 12.1 Å². The Morgan fingerprint density at radius 2 is 1.80 bits per heavy atom.